The molecule has 0 aromatic heterocycles. The second-order valence-electron chi connectivity index (χ2n) is 7.96. The van der Waals surface area contributed by atoms with Gasteiger partial charge in [-0.25, -0.2) is 12.8 Å². The van der Waals surface area contributed by atoms with E-state index in [9.17, 15) is 17.6 Å². The Bertz CT molecular complexity index is 1010. The molecular weight excluding hydrogens is 391 g/mol. The maximum atomic E-state index is 14.0. The molecule has 0 saturated carbocycles. The summed E-state index contributed by atoms with van der Waals surface area (Å²) in [6.07, 6.45) is 2.07. The van der Waals surface area contributed by atoms with E-state index < -0.39 is 15.8 Å². The van der Waals surface area contributed by atoms with Gasteiger partial charge < -0.3 is 4.90 Å². The second-order valence-corrected chi connectivity index (χ2v) is 9.90. The number of nitrogens with zero attached hydrogens (tertiary/aromatic N) is 2. The van der Waals surface area contributed by atoms with Gasteiger partial charge >= 0.3 is 0 Å². The third-order valence-corrected chi connectivity index (χ3v) is 7.86. The number of amides is 1. The van der Waals surface area contributed by atoms with Crippen molar-refractivity contribution in [3.63, 3.8) is 0 Å². The third-order valence-electron chi connectivity index (χ3n) is 6.04. The first-order chi connectivity index (χ1) is 13.9. The van der Waals surface area contributed by atoms with E-state index in [1.165, 1.54) is 16.4 Å². The van der Waals surface area contributed by atoms with Gasteiger partial charge in [-0.1, -0.05) is 36.4 Å². The number of aryl methyl sites for hydroxylation is 1. The molecular formula is C22H25FN2O3S. The summed E-state index contributed by atoms with van der Waals surface area (Å²) < 4.78 is 41.6. The number of hydrogen-bond acceptors (Lipinski definition) is 3. The third kappa shape index (κ3) is 3.94. The molecule has 4 rings (SSSR count). The summed E-state index contributed by atoms with van der Waals surface area (Å²) in [4.78, 5) is 14.6. The maximum absolute atomic E-state index is 14.0. The molecule has 2 aliphatic heterocycles. The van der Waals surface area contributed by atoms with Gasteiger partial charge in [-0.2, -0.15) is 4.31 Å². The van der Waals surface area contributed by atoms with E-state index in [-0.39, 0.29) is 29.3 Å². The fourth-order valence-corrected chi connectivity index (χ4v) is 5.89. The molecule has 5 nitrogen and oxygen atoms in total. The number of carbonyl (C=O) groups is 1. The fraction of sp³-hybridized carbons (Fsp3) is 0.409. The second kappa shape index (κ2) is 7.88. The highest BCUT2D eigenvalue weighted by Gasteiger charge is 2.44. The van der Waals surface area contributed by atoms with E-state index in [2.05, 4.69) is 0 Å². The Morgan fingerprint density at radius 2 is 1.86 bits per heavy atom. The van der Waals surface area contributed by atoms with Crippen LogP contribution < -0.4 is 0 Å². The molecule has 0 N–H and O–H groups in total. The van der Waals surface area contributed by atoms with Crippen LogP contribution in [0.5, 0.6) is 0 Å². The van der Waals surface area contributed by atoms with Crippen molar-refractivity contribution in [2.24, 2.45) is 5.92 Å². The molecule has 2 atom stereocenters. The van der Waals surface area contributed by atoms with Crippen LogP contribution in [-0.4, -0.2) is 42.7 Å². The first-order valence-corrected chi connectivity index (χ1v) is 11.4. The highest BCUT2D eigenvalue weighted by Crippen LogP contribution is 2.34. The lowest BCUT2D eigenvalue weighted by Crippen LogP contribution is -2.43. The average molecular weight is 417 g/mol. The summed E-state index contributed by atoms with van der Waals surface area (Å²) in [6, 6.07) is 13.6. The molecule has 7 heteroatoms. The van der Waals surface area contributed by atoms with Crippen molar-refractivity contribution in [2.75, 3.05) is 13.1 Å². The maximum Gasteiger partial charge on any atom is 0.243 e. The smallest absolute Gasteiger partial charge is 0.243 e. The van der Waals surface area contributed by atoms with Gasteiger partial charge in [0.05, 0.1) is 4.90 Å². The van der Waals surface area contributed by atoms with Gasteiger partial charge in [0, 0.05) is 32.1 Å². The number of sulfonamides is 1. The Hall–Kier alpha value is -2.25. The first kappa shape index (κ1) is 20.0. The number of fused-ring (bicyclic) bond motifs is 1. The Labute approximate surface area is 171 Å². The van der Waals surface area contributed by atoms with E-state index in [4.69, 9.17) is 0 Å². The summed E-state index contributed by atoms with van der Waals surface area (Å²) in [6.45, 7) is 2.70. The Balaban J connectivity index is 1.60. The summed E-state index contributed by atoms with van der Waals surface area (Å²) in [7, 11) is -3.81. The topological polar surface area (TPSA) is 57.7 Å². The van der Waals surface area contributed by atoms with Gasteiger partial charge in [0.15, 0.2) is 0 Å². The molecule has 0 radical (unpaired) electrons. The molecule has 0 aliphatic carbocycles. The standard InChI is InChI=1S/C22H25FN2O3S/c1-16-10-11-19(12-20(16)23)29(27,28)24-14-18-8-5-9-22(26)25(21(18)15-24)13-17-6-3-2-4-7-17/h2-4,6-7,10-12,18,21H,5,8-9,13-15H2,1H3/t18-,21+/m1/s1. The molecule has 1 amide bonds. The van der Waals surface area contributed by atoms with Crippen LogP contribution in [0.2, 0.25) is 0 Å². The van der Waals surface area contributed by atoms with Gasteiger partial charge in [0.1, 0.15) is 5.82 Å². The lowest BCUT2D eigenvalue weighted by Gasteiger charge is -2.30. The molecule has 154 valence electrons. The molecule has 0 bridgehead atoms. The molecule has 29 heavy (non-hydrogen) atoms. The van der Waals surface area contributed by atoms with Crippen molar-refractivity contribution in [2.45, 2.75) is 43.7 Å². The van der Waals surface area contributed by atoms with Crippen molar-refractivity contribution < 1.29 is 17.6 Å². The minimum Gasteiger partial charge on any atom is -0.334 e. The van der Waals surface area contributed by atoms with Gasteiger partial charge in [-0.05, 0) is 48.9 Å². The largest absolute Gasteiger partial charge is 0.334 e. The highest BCUT2D eigenvalue weighted by atomic mass is 32.2. The molecule has 2 aromatic rings. The molecule has 2 saturated heterocycles. The summed E-state index contributed by atoms with van der Waals surface area (Å²) in [5, 5.41) is 0. The van der Waals surface area contributed by atoms with Crippen molar-refractivity contribution in [1.82, 2.24) is 9.21 Å². The molecule has 2 aliphatic rings. The van der Waals surface area contributed by atoms with E-state index in [1.54, 1.807) is 6.92 Å². The number of carbonyl (C=O) groups excluding carboxylic acids is 1. The van der Waals surface area contributed by atoms with E-state index in [1.807, 2.05) is 35.2 Å². The van der Waals surface area contributed by atoms with Crippen LogP contribution in [0.25, 0.3) is 0 Å². The van der Waals surface area contributed by atoms with Crippen molar-refractivity contribution in [3.8, 4) is 0 Å². The zero-order valence-corrected chi connectivity index (χ0v) is 17.2. The quantitative estimate of drug-likeness (QED) is 0.768. The Morgan fingerprint density at radius 3 is 2.59 bits per heavy atom. The zero-order chi connectivity index (χ0) is 20.6. The molecule has 0 unspecified atom stereocenters. The van der Waals surface area contributed by atoms with Crippen LogP contribution in [0.15, 0.2) is 53.4 Å². The van der Waals surface area contributed by atoms with Gasteiger partial charge in [0.2, 0.25) is 15.9 Å². The predicted molar refractivity (Wildman–Crippen MR) is 108 cm³/mol. The Morgan fingerprint density at radius 1 is 1.10 bits per heavy atom. The number of rotatable bonds is 4. The number of hydrogen-bond donors (Lipinski definition) is 0. The van der Waals surface area contributed by atoms with Crippen molar-refractivity contribution in [3.05, 3.63) is 65.5 Å². The zero-order valence-electron chi connectivity index (χ0n) is 16.4. The van der Waals surface area contributed by atoms with Crippen LogP contribution in [0, 0.1) is 18.7 Å². The van der Waals surface area contributed by atoms with Crippen LogP contribution in [0.3, 0.4) is 0 Å². The summed E-state index contributed by atoms with van der Waals surface area (Å²) in [5.74, 6) is -0.363. The van der Waals surface area contributed by atoms with Crippen LogP contribution in [0.4, 0.5) is 4.39 Å². The van der Waals surface area contributed by atoms with E-state index >= 15 is 0 Å². The summed E-state index contributed by atoms with van der Waals surface area (Å²) >= 11 is 0. The minimum atomic E-state index is -3.81. The first-order valence-electron chi connectivity index (χ1n) is 9.96. The molecule has 0 spiro atoms. The molecule has 2 heterocycles. The lowest BCUT2D eigenvalue weighted by atomic mass is 9.98. The van der Waals surface area contributed by atoms with E-state index in [0.717, 1.165) is 24.5 Å². The Kier molecular flexibility index (Phi) is 5.44. The average Bonchev–Trinajstić information content (AvgIpc) is 3.07. The summed E-state index contributed by atoms with van der Waals surface area (Å²) in [5.41, 5.74) is 1.44. The van der Waals surface area contributed by atoms with Crippen LogP contribution in [0.1, 0.15) is 30.4 Å². The molecule has 2 aromatic carbocycles. The number of likely N-dealkylation sites (tertiary alicyclic amines) is 1. The number of halogens is 1. The normalized spacial score (nSPS) is 23.1. The monoisotopic (exact) mass is 416 g/mol. The predicted octanol–water partition coefficient (Wildman–Crippen LogP) is 3.34. The fourth-order valence-electron chi connectivity index (χ4n) is 4.36. The van der Waals surface area contributed by atoms with E-state index in [0.29, 0.717) is 25.1 Å². The number of benzene rings is 2. The van der Waals surface area contributed by atoms with Gasteiger partial charge in [-0.15, -0.1) is 0 Å². The van der Waals surface area contributed by atoms with Gasteiger partial charge in [-0.3, -0.25) is 4.79 Å². The minimum absolute atomic E-state index is 0.0296. The van der Waals surface area contributed by atoms with Crippen molar-refractivity contribution in [1.29, 1.82) is 0 Å². The van der Waals surface area contributed by atoms with Crippen LogP contribution >= 0.6 is 0 Å². The van der Waals surface area contributed by atoms with Crippen molar-refractivity contribution >= 4 is 15.9 Å². The molecule has 2 fully saturated rings. The SMILES string of the molecule is Cc1ccc(S(=O)(=O)N2C[C@H]3CCCC(=O)N(Cc4ccccc4)[C@H]3C2)cc1F. The van der Waals surface area contributed by atoms with Gasteiger partial charge in [0.25, 0.3) is 0 Å². The lowest BCUT2D eigenvalue weighted by molar-refractivity contribution is -0.133. The van der Waals surface area contributed by atoms with Crippen LogP contribution in [-0.2, 0) is 21.4 Å². The highest BCUT2D eigenvalue weighted by molar-refractivity contribution is 7.89.